The molecule has 0 radical (unpaired) electrons. The van der Waals surface area contributed by atoms with Gasteiger partial charge in [-0.2, -0.15) is 5.10 Å². The Morgan fingerprint density at radius 2 is 2.05 bits per heavy atom. The fraction of sp³-hybridized carbons (Fsp3) is 0.375. The first-order valence-electron chi connectivity index (χ1n) is 6.87. The Balaban J connectivity index is 2.02. The first kappa shape index (κ1) is 12.9. The molecule has 0 atom stereocenters. The molecule has 2 aliphatic rings. The van der Waals surface area contributed by atoms with Gasteiger partial charge >= 0.3 is 0 Å². The number of hydrogen-bond acceptors (Lipinski definition) is 2. The van der Waals surface area contributed by atoms with E-state index in [4.69, 9.17) is 4.98 Å². The maximum absolute atomic E-state index is 4.82. The van der Waals surface area contributed by atoms with Gasteiger partial charge in [0.25, 0.3) is 0 Å². The highest BCUT2D eigenvalue weighted by molar-refractivity contribution is 5.60. The van der Waals surface area contributed by atoms with Crippen molar-refractivity contribution in [2.24, 2.45) is 7.05 Å². The monoisotopic (exact) mass is 268 g/mol. The van der Waals surface area contributed by atoms with Gasteiger partial charge in [-0.3, -0.25) is 4.68 Å². The highest BCUT2D eigenvalue weighted by atomic mass is 15.2. The second kappa shape index (κ2) is 4.47. The minimum absolute atomic E-state index is 0.0746. The lowest BCUT2D eigenvalue weighted by Crippen LogP contribution is -2.11. The topological polar surface area (TPSA) is 35.6 Å². The highest BCUT2D eigenvalue weighted by Crippen LogP contribution is 2.29. The van der Waals surface area contributed by atoms with Gasteiger partial charge in [-0.1, -0.05) is 20.8 Å². The summed E-state index contributed by atoms with van der Waals surface area (Å²) in [6, 6.07) is 6.39. The van der Waals surface area contributed by atoms with Crippen molar-refractivity contribution < 1.29 is 0 Å². The molecule has 2 aliphatic heterocycles. The van der Waals surface area contributed by atoms with Gasteiger partial charge < -0.3 is 4.57 Å². The van der Waals surface area contributed by atoms with Crippen LogP contribution in [0.15, 0.2) is 36.8 Å². The fourth-order valence-electron chi connectivity index (χ4n) is 2.36. The molecule has 0 saturated carbocycles. The highest BCUT2D eigenvalue weighted by Gasteiger charge is 2.21. The molecule has 104 valence electrons. The Labute approximate surface area is 119 Å². The minimum Gasteiger partial charge on any atom is -0.328 e. The van der Waals surface area contributed by atoms with E-state index in [1.165, 1.54) is 11.1 Å². The third-order valence-corrected chi connectivity index (χ3v) is 3.47. The maximum atomic E-state index is 4.82. The molecule has 0 spiro atoms. The van der Waals surface area contributed by atoms with Crippen LogP contribution in [0.1, 0.15) is 32.0 Å². The zero-order valence-electron chi connectivity index (χ0n) is 12.5. The summed E-state index contributed by atoms with van der Waals surface area (Å²) in [6.07, 6.45) is 6.02. The number of aromatic nitrogens is 4. The lowest BCUT2D eigenvalue weighted by Gasteiger charge is -2.14. The summed E-state index contributed by atoms with van der Waals surface area (Å²) < 4.78 is 4.01. The normalized spacial score (nSPS) is 12.2. The van der Waals surface area contributed by atoms with Gasteiger partial charge in [-0.25, -0.2) is 4.98 Å². The third-order valence-electron chi connectivity index (χ3n) is 3.47. The van der Waals surface area contributed by atoms with Gasteiger partial charge in [-0.15, -0.1) is 0 Å². The number of hydrogen-bond donors (Lipinski definition) is 0. The van der Waals surface area contributed by atoms with Gasteiger partial charge in [0.2, 0.25) is 0 Å². The molecule has 4 heteroatoms. The Morgan fingerprint density at radius 1 is 1.25 bits per heavy atom. The van der Waals surface area contributed by atoms with E-state index in [0.717, 1.165) is 18.1 Å². The Hall–Kier alpha value is -2.10. The maximum Gasteiger partial charge on any atom is 0.140 e. The lowest BCUT2D eigenvalue weighted by molar-refractivity contribution is 0.572. The molecule has 0 saturated heterocycles. The lowest BCUT2D eigenvalue weighted by atomic mass is 9.92. The molecule has 0 aliphatic carbocycles. The van der Waals surface area contributed by atoms with Crippen molar-refractivity contribution in [3.63, 3.8) is 0 Å². The molecule has 20 heavy (non-hydrogen) atoms. The number of fused-ring (bicyclic) bond motifs is 1. The average molecular weight is 268 g/mol. The van der Waals surface area contributed by atoms with Crippen LogP contribution in [0.3, 0.4) is 0 Å². The van der Waals surface area contributed by atoms with Crippen molar-refractivity contribution in [2.45, 2.75) is 32.7 Å². The minimum atomic E-state index is 0.0746. The molecule has 0 fully saturated rings. The van der Waals surface area contributed by atoms with E-state index in [2.05, 4.69) is 54.8 Å². The predicted molar refractivity (Wildman–Crippen MR) is 79.9 cm³/mol. The number of pyridine rings is 1. The predicted octanol–water partition coefficient (Wildman–Crippen LogP) is 3.07. The summed E-state index contributed by atoms with van der Waals surface area (Å²) in [6.45, 7) is 7.38. The molecular weight excluding hydrogens is 248 g/mol. The van der Waals surface area contributed by atoms with E-state index in [1.807, 2.05) is 24.1 Å². The van der Waals surface area contributed by atoms with Crippen LogP contribution in [-0.2, 0) is 19.0 Å². The number of aryl methyl sites for hydroxylation is 1. The molecule has 4 nitrogen and oxygen atoms in total. The van der Waals surface area contributed by atoms with Gasteiger partial charge in [0.1, 0.15) is 5.82 Å². The first-order chi connectivity index (χ1) is 9.43. The molecule has 1 aromatic rings. The van der Waals surface area contributed by atoms with E-state index in [-0.39, 0.29) is 5.41 Å². The van der Waals surface area contributed by atoms with Crippen molar-refractivity contribution in [1.82, 2.24) is 19.3 Å². The second-order valence-electron chi connectivity index (χ2n) is 6.33. The van der Waals surface area contributed by atoms with Crippen molar-refractivity contribution in [2.75, 3.05) is 0 Å². The molecule has 0 amide bonds. The molecule has 0 N–H and O–H groups in total. The molecule has 0 unspecified atom stereocenters. The third kappa shape index (κ3) is 2.33. The van der Waals surface area contributed by atoms with Crippen LogP contribution in [0.2, 0.25) is 0 Å². The quantitative estimate of drug-likeness (QED) is 0.716. The van der Waals surface area contributed by atoms with Crippen molar-refractivity contribution in [1.29, 1.82) is 0 Å². The zero-order chi connectivity index (χ0) is 14.3. The van der Waals surface area contributed by atoms with Crippen LogP contribution in [0.4, 0.5) is 0 Å². The second-order valence-corrected chi connectivity index (χ2v) is 6.33. The summed E-state index contributed by atoms with van der Waals surface area (Å²) in [7, 11) is 1.94. The van der Waals surface area contributed by atoms with Crippen molar-refractivity contribution >= 4 is 0 Å². The fourth-order valence-corrected chi connectivity index (χ4v) is 2.36. The summed E-state index contributed by atoms with van der Waals surface area (Å²) >= 11 is 0. The van der Waals surface area contributed by atoms with Crippen LogP contribution < -0.4 is 0 Å². The molecule has 0 bridgehead atoms. The van der Waals surface area contributed by atoms with E-state index in [9.17, 15) is 0 Å². The summed E-state index contributed by atoms with van der Waals surface area (Å²) in [5.74, 6) is 1.04. The summed E-state index contributed by atoms with van der Waals surface area (Å²) in [4.78, 5) is 4.82. The Kier molecular flexibility index (Phi) is 2.89. The number of rotatable bonds is 2. The largest absolute Gasteiger partial charge is 0.328 e. The van der Waals surface area contributed by atoms with Crippen molar-refractivity contribution in [3.05, 3.63) is 48.0 Å². The Morgan fingerprint density at radius 3 is 2.70 bits per heavy atom. The van der Waals surface area contributed by atoms with Gasteiger partial charge in [0, 0.05) is 41.7 Å². The van der Waals surface area contributed by atoms with Crippen LogP contribution in [-0.4, -0.2) is 19.3 Å². The first-order valence-corrected chi connectivity index (χ1v) is 6.87. The van der Waals surface area contributed by atoms with Gasteiger partial charge in [0.05, 0.1) is 12.7 Å². The Bertz CT molecular complexity index is 700. The van der Waals surface area contributed by atoms with E-state index in [0.29, 0.717) is 0 Å². The SMILES string of the molecule is Cn1cc(Cn2cccc3cc(C(C)(C)C)nc2-3)cn1. The molecular formula is C16H20N4. The van der Waals surface area contributed by atoms with Crippen LogP contribution >= 0.6 is 0 Å². The molecule has 3 rings (SSSR count). The van der Waals surface area contributed by atoms with Crippen LogP contribution in [0.5, 0.6) is 0 Å². The molecule has 3 heterocycles. The van der Waals surface area contributed by atoms with Gasteiger partial charge in [0.15, 0.2) is 0 Å². The molecule has 0 aromatic carbocycles. The van der Waals surface area contributed by atoms with Crippen LogP contribution in [0.25, 0.3) is 11.4 Å². The zero-order valence-corrected chi connectivity index (χ0v) is 12.5. The van der Waals surface area contributed by atoms with Gasteiger partial charge in [-0.05, 0) is 18.2 Å². The van der Waals surface area contributed by atoms with E-state index < -0.39 is 0 Å². The van der Waals surface area contributed by atoms with Crippen LogP contribution in [0, 0.1) is 0 Å². The van der Waals surface area contributed by atoms with Crippen molar-refractivity contribution in [3.8, 4) is 11.4 Å². The number of nitrogens with zero attached hydrogens (tertiary/aromatic N) is 4. The summed E-state index contributed by atoms with van der Waals surface area (Å²) in [5.41, 5.74) is 3.59. The standard InChI is InChI=1S/C16H20N4/c1-16(2,3)14-8-13-6-5-7-20(15(13)18-14)11-12-9-17-19(4)10-12/h5-10H,11H2,1-4H3. The summed E-state index contributed by atoms with van der Waals surface area (Å²) in [5, 5.41) is 4.22. The van der Waals surface area contributed by atoms with E-state index >= 15 is 0 Å². The van der Waals surface area contributed by atoms with E-state index in [1.54, 1.807) is 0 Å². The molecule has 1 aromatic heterocycles. The average Bonchev–Trinajstić information content (AvgIpc) is 2.95. The smallest absolute Gasteiger partial charge is 0.140 e.